The number of carbonyl (C=O) groups excluding carboxylic acids is 1. The quantitative estimate of drug-likeness (QED) is 0.269. The van der Waals surface area contributed by atoms with Crippen molar-refractivity contribution in [3.8, 4) is 22.6 Å². The Kier molecular flexibility index (Phi) is 5.79. The molecule has 0 spiro atoms. The Labute approximate surface area is 183 Å². The van der Waals surface area contributed by atoms with E-state index in [1.54, 1.807) is 32.5 Å². The van der Waals surface area contributed by atoms with Crippen molar-refractivity contribution in [3.05, 3.63) is 53.7 Å². The predicted octanol–water partition coefficient (Wildman–Crippen LogP) is 6.05. The fourth-order valence-corrected chi connectivity index (χ4v) is 4.90. The normalized spacial score (nSPS) is 11.1. The van der Waals surface area contributed by atoms with E-state index in [9.17, 15) is 4.79 Å². The molecule has 2 heterocycles. The number of ether oxygens (including phenoxy) is 3. The largest absolute Gasteiger partial charge is 0.493 e. The maximum Gasteiger partial charge on any atom is 0.340 e. The second-order valence-electron chi connectivity index (χ2n) is 6.51. The number of fused-ring (bicyclic) bond motifs is 3. The molecule has 0 saturated carbocycles. The Hall–Kier alpha value is -2.83. The first-order chi connectivity index (χ1) is 14.6. The zero-order valence-electron chi connectivity index (χ0n) is 16.8. The van der Waals surface area contributed by atoms with Crippen LogP contribution in [0.15, 0.2) is 42.5 Å². The second-order valence-corrected chi connectivity index (χ2v) is 7.81. The molecule has 0 saturated heterocycles. The highest BCUT2D eigenvalue weighted by Crippen LogP contribution is 2.44. The summed E-state index contributed by atoms with van der Waals surface area (Å²) in [6.07, 6.45) is 0. The van der Waals surface area contributed by atoms with E-state index in [4.69, 9.17) is 30.8 Å². The summed E-state index contributed by atoms with van der Waals surface area (Å²) in [5.41, 5.74) is 2.43. The van der Waals surface area contributed by atoms with E-state index in [-0.39, 0.29) is 12.5 Å². The van der Waals surface area contributed by atoms with Crippen LogP contribution in [0.2, 0.25) is 0 Å². The minimum absolute atomic E-state index is 0.0959. The van der Waals surface area contributed by atoms with Gasteiger partial charge in [0.1, 0.15) is 4.83 Å². The molecule has 0 atom stereocenters. The molecule has 0 radical (unpaired) electrons. The van der Waals surface area contributed by atoms with Gasteiger partial charge in [-0.15, -0.1) is 22.9 Å². The molecule has 0 bridgehead atoms. The topological polar surface area (TPSA) is 57.7 Å². The summed E-state index contributed by atoms with van der Waals surface area (Å²) in [6, 6.07) is 13.6. The lowest BCUT2D eigenvalue weighted by atomic mass is 9.94. The summed E-state index contributed by atoms with van der Waals surface area (Å²) in [7, 11) is 3.17. The van der Waals surface area contributed by atoms with E-state index in [0.29, 0.717) is 22.8 Å². The van der Waals surface area contributed by atoms with E-state index in [0.717, 1.165) is 31.4 Å². The van der Waals surface area contributed by atoms with Crippen LogP contribution in [0.4, 0.5) is 0 Å². The highest BCUT2D eigenvalue weighted by Gasteiger charge is 2.26. The van der Waals surface area contributed by atoms with Gasteiger partial charge >= 0.3 is 5.97 Å². The summed E-state index contributed by atoms with van der Waals surface area (Å²) in [5, 5.41) is 1.93. The minimum atomic E-state index is -0.442. The molecule has 0 aliphatic carbocycles. The predicted molar refractivity (Wildman–Crippen MR) is 121 cm³/mol. The van der Waals surface area contributed by atoms with Gasteiger partial charge in [0, 0.05) is 21.0 Å². The highest BCUT2D eigenvalue weighted by molar-refractivity contribution is 7.25. The highest BCUT2D eigenvalue weighted by atomic mass is 35.5. The fourth-order valence-electron chi connectivity index (χ4n) is 3.60. The molecule has 4 aromatic rings. The first-order valence-electron chi connectivity index (χ1n) is 9.42. The maximum atomic E-state index is 13.0. The molecule has 2 aromatic carbocycles. The summed E-state index contributed by atoms with van der Waals surface area (Å²) in [4.78, 5) is 18.6. The molecule has 0 unspecified atom stereocenters. The van der Waals surface area contributed by atoms with Crippen molar-refractivity contribution >= 4 is 49.2 Å². The number of aromatic nitrogens is 1. The van der Waals surface area contributed by atoms with Crippen molar-refractivity contribution in [3.63, 3.8) is 0 Å². The van der Waals surface area contributed by atoms with Crippen LogP contribution in [0.3, 0.4) is 0 Å². The summed E-state index contributed by atoms with van der Waals surface area (Å²) >= 11 is 7.80. The van der Waals surface area contributed by atoms with Gasteiger partial charge in [0.25, 0.3) is 0 Å². The van der Waals surface area contributed by atoms with Gasteiger partial charge < -0.3 is 14.2 Å². The molecule has 7 heteroatoms. The van der Waals surface area contributed by atoms with Crippen molar-refractivity contribution in [2.24, 2.45) is 0 Å². The summed E-state index contributed by atoms with van der Waals surface area (Å²) in [5.74, 6) is 0.833. The van der Waals surface area contributed by atoms with Gasteiger partial charge in [-0.3, -0.25) is 0 Å². The van der Waals surface area contributed by atoms with Crippen LogP contribution in [0.1, 0.15) is 23.0 Å². The number of pyridine rings is 1. The Morgan fingerprint density at radius 3 is 2.57 bits per heavy atom. The van der Waals surface area contributed by atoms with Gasteiger partial charge in [0.2, 0.25) is 0 Å². The Bertz CT molecular complexity index is 1250. The van der Waals surface area contributed by atoms with Crippen LogP contribution in [0, 0.1) is 0 Å². The van der Waals surface area contributed by atoms with E-state index < -0.39 is 5.97 Å². The third kappa shape index (κ3) is 3.36. The molecule has 2 aromatic heterocycles. The third-order valence-corrected chi connectivity index (χ3v) is 6.20. The van der Waals surface area contributed by atoms with Crippen molar-refractivity contribution in [2.75, 3.05) is 20.8 Å². The van der Waals surface area contributed by atoms with Crippen molar-refractivity contribution in [1.82, 2.24) is 4.98 Å². The molecule has 0 amide bonds. The number of methoxy groups -OCH3 is 2. The number of hydrogen-bond acceptors (Lipinski definition) is 6. The number of thiophene rings is 1. The average Bonchev–Trinajstić information content (AvgIpc) is 3.15. The molecule has 4 rings (SSSR count). The van der Waals surface area contributed by atoms with Gasteiger partial charge in [-0.05, 0) is 30.7 Å². The first kappa shape index (κ1) is 20.4. The molecule has 0 aliphatic heterocycles. The van der Waals surface area contributed by atoms with Crippen LogP contribution in [-0.2, 0) is 10.6 Å². The number of esters is 1. The zero-order valence-corrected chi connectivity index (χ0v) is 18.4. The average molecular weight is 442 g/mol. The third-order valence-electron chi connectivity index (χ3n) is 4.88. The molecule has 0 fully saturated rings. The van der Waals surface area contributed by atoms with E-state index in [1.165, 1.54) is 0 Å². The van der Waals surface area contributed by atoms with E-state index >= 15 is 0 Å². The molecular weight excluding hydrogens is 422 g/mol. The molecule has 30 heavy (non-hydrogen) atoms. The Morgan fingerprint density at radius 1 is 1.10 bits per heavy atom. The van der Waals surface area contributed by atoms with E-state index in [1.807, 2.05) is 42.5 Å². The van der Waals surface area contributed by atoms with Gasteiger partial charge in [0.05, 0.1) is 38.0 Å². The van der Waals surface area contributed by atoms with Crippen LogP contribution in [0.5, 0.6) is 11.5 Å². The standard InChI is InChI=1S/C23H20ClNO4S/c1-4-29-23(26)21-15(12-24)25-22-20(14-7-5-6-8-18(14)30-22)19(21)13-9-10-16(27-2)17(11-13)28-3/h5-11H,4,12H2,1-3H3. The molecular formula is C23H20ClNO4S. The number of carbonyl (C=O) groups is 1. The summed E-state index contributed by atoms with van der Waals surface area (Å²) < 4.78 is 17.4. The van der Waals surface area contributed by atoms with Gasteiger partial charge in [-0.25, -0.2) is 9.78 Å². The van der Waals surface area contributed by atoms with Crippen LogP contribution >= 0.6 is 22.9 Å². The van der Waals surface area contributed by atoms with Crippen molar-refractivity contribution in [2.45, 2.75) is 12.8 Å². The first-order valence-corrected chi connectivity index (χ1v) is 10.8. The van der Waals surface area contributed by atoms with Gasteiger partial charge in [-0.2, -0.15) is 0 Å². The molecule has 5 nitrogen and oxygen atoms in total. The van der Waals surface area contributed by atoms with Crippen LogP contribution in [-0.4, -0.2) is 31.8 Å². The Balaban J connectivity index is 2.16. The van der Waals surface area contributed by atoms with Crippen LogP contribution in [0.25, 0.3) is 31.4 Å². The molecule has 154 valence electrons. The number of benzene rings is 2. The second kappa shape index (κ2) is 8.50. The number of alkyl halides is 1. The molecule has 0 aliphatic rings. The van der Waals surface area contributed by atoms with E-state index in [2.05, 4.69) is 0 Å². The fraction of sp³-hybridized carbons (Fsp3) is 0.217. The monoisotopic (exact) mass is 441 g/mol. The summed E-state index contributed by atoms with van der Waals surface area (Å²) in [6.45, 7) is 2.04. The van der Waals surface area contributed by atoms with Crippen molar-refractivity contribution < 1.29 is 19.0 Å². The number of rotatable bonds is 6. The number of hydrogen-bond donors (Lipinski definition) is 0. The minimum Gasteiger partial charge on any atom is -0.493 e. The number of halogens is 1. The molecule has 0 N–H and O–H groups in total. The smallest absolute Gasteiger partial charge is 0.340 e. The lowest BCUT2D eigenvalue weighted by Gasteiger charge is -2.16. The lowest BCUT2D eigenvalue weighted by Crippen LogP contribution is -2.11. The van der Waals surface area contributed by atoms with Gasteiger partial charge in [0.15, 0.2) is 11.5 Å². The Morgan fingerprint density at radius 2 is 1.87 bits per heavy atom. The SMILES string of the molecule is CCOC(=O)c1c(CCl)nc2sc3ccccc3c2c1-c1ccc(OC)c(OC)c1. The zero-order chi connectivity index (χ0) is 21.3. The van der Waals surface area contributed by atoms with Crippen LogP contribution < -0.4 is 9.47 Å². The van der Waals surface area contributed by atoms with Crippen molar-refractivity contribution in [1.29, 1.82) is 0 Å². The maximum absolute atomic E-state index is 13.0. The van der Waals surface area contributed by atoms with Gasteiger partial charge in [-0.1, -0.05) is 24.3 Å². The lowest BCUT2D eigenvalue weighted by molar-refractivity contribution is 0.0526. The number of nitrogens with zero attached hydrogens (tertiary/aromatic N) is 1.